The lowest BCUT2D eigenvalue weighted by Crippen LogP contribution is -2.11. The summed E-state index contributed by atoms with van der Waals surface area (Å²) in [7, 11) is 0. The van der Waals surface area contributed by atoms with Gasteiger partial charge in [-0.05, 0) is 36.4 Å². The monoisotopic (exact) mass is 279 g/mol. The van der Waals surface area contributed by atoms with Crippen LogP contribution in [-0.2, 0) is 0 Å². The number of fused-ring (bicyclic) bond motifs is 1. The Labute approximate surface area is 123 Å². The molecule has 1 aromatic heterocycles. The van der Waals surface area contributed by atoms with Gasteiger partial charge in [-0.2, -0.15) is 0 Å². The van der Waals surface area contributed by atoms with Crippen LogP contribution in [0.1, 0.15) is 0 Å². The van der Waals surface area contributed by atoms with Crippen molar-refractivity contribution < 1.29 is 4.74 Å². The lowest BCUT2D eigenvalue weighted by Gasteiger charge is -2.11. The first-order chi connectivity index (χ1) is 10.3. The van der Waals surface area contributed by atoms with Crippen LogP contribution in [-0.4, -0.2) is 18.1 Å². The molecule has 0 spiro atoms. The molecular weight excluding hydrogens is 262 g/mol. The first-order valence-electron chi connectivity index (χ1n) is 6.89. The van der Waals surface area contributed by atoms with Gasteiger partial charge in [0.05, 0.1) is 11.2 Å². The Morgan fingerprint density at radius 2 is 1.86 bits per heavy atom. The zero-order valence-electron chi connectivity index (χ0n) is 11.6. The average Bonchev–Trinajstić information content (AvgIpc) is 2.55. The van der Waals surface area contributed by atoms with Crippen molar-refractivity contribution in [1.29, 1.82) is 0 Å². The van der Waals surface area contributed by atoms with Gasteiger partial charge < -0.3 is 15.8 Å². The molecule has 0 atom stereocenters. The highest BCUT2D eigenvalue weighted by Gasteiger charge is 2.04. The van der Waals surface area contributed by atoms with Crippen molar-refractivity contribution in [3.63, 3.8) is 0 Å². The number of nitrogen functional groups attached to an aromatic ring is 1. The molecule has 0 bridgehead atoms. The smallest absolute Gasteiger partial charge is 0.119 e. The molecular formula is C17H17N3O. The van der Waals surface area contributed by atoms with Crippen molar-refractivity contribution in [1.82, 2.24) is 4.98 Å². The first-order valence-corrected chi connectivity index (χ1v) is 6.89. The van der Waals surface area contributed by atoms with Gasteiger partial charge in [0.15, 0.2) is 0 Å². The van der Waals surface area contributed by atoms with E-state index in [9.17, 15) is 0 Å². The van der Waals surface area contributed by atoms with Crippen molar-refractivity contribution in [3.8, 4) is 5.75 Å². The maximum absolute atomic E-state index is 5.94. The molecule has 2 aromatic carbocycles. The number of rotatable bonds is 5. The minimum Gasteiger partial charge on any atom is -0.492 e. The number of pyridine rings is 1. The molecule has 0 aliphatic heterocycles. The largest absolute Gasteiger partial charge is 0.492 e. The Balaban J connectivity index is 1.65. The van der Waals surface area contributed by atoms with E-state index < -0.39 is 0 Å². The number of anilines is 2. The molecule has 0 radical (unpaired) electrons. The molecule has 0 unspecified atom stereocenters. The fourth-order valence-corrected chi connectivity index (χ4v) is 2.22. The van der Waals surface area contributed by atoms with E-state index in [4.69, 9.17) is 10.5 Å². The van der Waals surface area contributed by atoms with E-state index in [-0.39, 0.29) is 0 Å². The Morgan fingerprint density at radius 1 is 1.00 bits per heavy atom. The second kappa shape index (κ2) is 6.13. The molecule has 0 aliphatic carbocycles. The van der Waals surface area contributed by atoms with Gasteiger partial charge in [-0.1, -0.05) is 18.2 Å². The molecule has 4 nitrogen and oxygen atoms in total. The fraction of sp³-hybridized carbons (Fsp3) is 0.118. The molecule has 0 fully saturated rings. The van der Waals surface area contributed by atoms with E-state index in [1.54, 1.807) is 6.20 Å². The van der Waals surface area contributed by atoms with Crippen LogP contribution in [0.15, 0.2) is 60.8 Å². The van der Waals surface area contributed by atoms with E-state index >= 15 is 0 Å². The van der Waals surface area contributed by atoms with Crippen LogP contribution in [0.2, 0.25) is 0 Å². The third-order valence-electron chi connectivity index (χ3n) is 3.23. The molecule has 0 saturated carbocycles. The number of benzene rings is 2. The predicted octanol–water partition coefficient (Wildman–Crippen LogP) is 3.31. The topological polar surface area (TPSA) is 60.2 Å². The van der Waals surface area contributed by atoms with Gasteiger partial charge in [0.2, 0.25) is 0 Å². The van der Waals surface area contributed by atoms with Crippen molar-refractivity contribution >= 4 is 22.3 Å². The first kappa shape index (κ1) is 13.2. The van der Waals surface area contributed by atoms with E-state index in [2.05, 4.69) is 10.3 Å². The fourth-order valence-electron chi connectivity index (χ4n) is 2.22. The minimum atomic E-state index is 0.593. The number of aromatic nitrogens is 1. The number of nitrogens with one attached hydrogen (secondary N) is 1. The van der Waals surface area contributed by atoms with E-state index in [0.717, 1.165) is 22.3 Å². The third-order valence-corrected chi connectivity index (χ3v) is 3.23. The van der Waals surface area contributed by atoms with E-state index in [1.807, 2.05) is 54.6 Å². The normalized spacial score (nSPS) is 10.5. The summed E-state index contributed by atoms with van der Waals surface area (Å²) in [6.45, 7) is 1.30. The maximum atomic E-state index is 5.94. The van der Waals surface area contributed by atoms with Crippen LogP contribution in [0.25, 0.3) is 10.9 Å². The van der Waals surface area contributed by atoms with E-state index in [0.29, 0.717) is 18.8 Å². The molecule has 3 N–H and O–H groups in total. The number of ether oxygens (including phenoxy) is 1. The summed E-state index contributed by atoms with van der Waals surface area (Å²) in [6, 6.07) is 17.6. The summed E-state index contributed by atoms with van der Waals surface area (Å²) in [5.74, 6) is 0.878. The SMILES string of the molecule is Nc1ccc(NCCOc2ccccc2)c2cccnc12. The highest BCUT2D eigenvalue weighted by atomic mass is 16.5. The van der Waals surface area contributed by atoms with Gasteiger partial charge in [-0.25, -0.2) is 0 Å². The van der Waals surface area contributed by atoms with Crippen molar-refractivity contribution in [3.05, 3.63) is 60.8 Å². The summed E-state index contributed by atoms with van der Waals surface area (Å²) in [5.41, 5.74) is 8.48. The summed E-state index contributed by atoms with van der Waals surface area (Å²) in [5, 5.41) is 4.39. The van der Waals surface area contributed by atoms with Gasteiger partial charge in [-0.15, -0.1) is 0 Å². The van der Waals surface area contributed by atoms with Gasteiger partial charge in [0, 0.05) is 23.8 Å². The van der Waals surface area contributed by atoms with Crippen LogP contribution in [0.3, 0.4) is 0 Å². The Bertz CT molecular complexity index is 728. The number of nitrogens with two attached hydrogens (primary N) is 1. The van der Waals surface area contributed by atoms with Gasteiger partial charge in [-0.3, -0.25) is 4.98 Å². The van der Waals surface area contributed by atoms with Crippen molar-refractivity contribution in [2.24, 2.45) is 0 Å². The third kappa shape index (κ3) is 3.05. The number of hydrogen-bond acceptors (Lipinski definition) is 4. The van der Waals surface area contributed by atoms with Gasteiger partial charge >= 0.3 is 0 Å². The van der Waals surface area contributed by atoms with Gasteiger partial charge in [0.1, 0.15) is 12.4 Å². The summed E-state index contributed by atoms with van der Waals surface area (Å²) >= 11 is 0. The zero-order chi connectivity index (χ0) is 14.5. The Morgan fingerprint density at radius 3 is 2.71 bits per heavy atom. The molecule has 1 heterocycles. The molecule has 0 saturated heterocycles. The molecule has 0 aliphatic rings. The number of para-hydroxylation sites is 1. The second-order valence-electron chi connectivity index (χ2n) is 4.69. The summed E-state index contributed by atoms with van der Waals surface area (Å²) in [4.78, 5) is 4.32. The van der Waals surface area contributed by atoms with Crippen molar-refractivity contribution in [2.45, 2.75) is 0 Å². The van der Waals surface area contributed by atoms with Crippen LogP contribution in [0.4, 0.5) is 11.4 Å². The average molecular weight is 279 g/mol. The molecule has 4 heteroatoms. The van der Waals surface area contributed by atoms with Crippen LogP contribution < -0.4 is 15.8 Å². The quantitative estimate of drug-likeness (QED) is 0.555. The Kier molecular flexibility index (Phi) is 3.87. The molecule has 3 rings (SSSR count). The maximum Gasteiger partial charge on any atom is 0.119 e. The zero-order valence-corrected chi connectivity index (χ0v) is 11.6. The minimum absolute atomic E-state index is 0.593. The summed E-state index contributed by atoms with van der Waals surface area (Å²) < 4.78 is 5.66. The summed E-state index contributed by atoms with van der Waals surface area (Å²) in [6.07, 6.45) is 1.75. The number of nitrogens with zero attached hydrogens (tertiary/aromatic N) is 1. The lowest BCUT2D eigenvalue weighted by molar-refractivity contribution is 0.333. The molecule has 3 aromatic rings. The van der Waals surface area contributed by atoms with Crippen LogP contribution >= 0.6 is 0 Å². The number of hydrogen-bond donors (Lipinski definition) is 2. The predicted molar refractivity (Wildman–Crippen MR) is 86.6 cm³/mol. The van der Waals surface area contributed by atoms with Crippen LogP contribution in [0, 0.1) is 0 Å². The highest BCUT2D eigenvalue weighted by Crippen LogP contribution is 2.26. The molecule has 21 heavy (non-hydrogen) atoms. The Hall–Kier alpha value is -2.75. The second-order valence-corrected chi connectivity index (χ2v) is 4.69. The standard InChI is InChI=1S/C17H17N3O/c18-15-8-9-16(14-7-4-10-20-17(14)15)19-11-12-21-13-5-2-1-3-6-13/h1-10,19H,11-12,18H2. The van der Waals surface area contributed by atoms with Crippen molar-refractivity contribution in [2.75, 3.05) is 24.2 Å². The van der Waals surface area contributed by atoms with Gasteiger partial charge in [0.25, 0.3) is 0 Å². The lowest BCUT2D eigenvalue weighted by atomic mass is 10.1. The van der Waals surface area contributed by atoms with Crippen LogP contribution in [0.5, 0.6) is 5.75 Å². The highest BCUT2D eigenvalue weighted by molar-refractivity contribution is 5.98. The van der Waals surface area contributed by atoms with E-state index in [1.165, 1.54) is 0 Å². The molecule has 0 amide bonds. The molecule has 106 valence electrons.